The quantitative estimate of drug-likeness (QED) is 0.380. The fraction of sp³-hybridized carbons (Fsp3) is 0.500. The molecule has 0 spiro atoms. The van der Waals surface area contributed by atoms with Crippen molar-refractivity contribution in [1.29, 1.82) is 0 Å². The Bertz CT molecular complexity index is 928. The Balaban J connectivity index is 0.000000383. The number of ether oxygens (including phenoxy) is 1. The number of halogens is 6. The van der Waals surface area contributed by atoms with Crippen LogP contribution in [-0.4, -0.2) is 78.8 Å². The molecule has 0 fully saturated rings. The summed E-state index contributed by atoms with van der Waals surface area (Å²) in [6.07, 6.45) is -3.42. The van der Waals surface area contributed by atoms with E-state index in [-0.39, 0.29) is 6.61 Å². The minimum atomic E-state index is -5.08. The molecule has 202 valence electrons. The third-order valence-electron chi connectivity index (χ3n) is 4.37. The molecule has 1 aliphatic heterocycles. The van der Waals surface area contributed by atoms with Gasteiger partial charge in [-0.25, -0.2) is 14.6 Å². The maximum absolute atomic E-state index is 10.6. The maximum atomic E-state index is 10.6. The van der Waals surface area contributed by atoms with Crippen LogP contribution < -0.4 is 0 Å². The van der Waals surface area contributed by atoms with Crippen LogP contribution in [0.25, 0.3) is 0 Å². The topological polar surface area (TPSA) is 138 Å². The molecule has 2 aromatic rings. The zero-order valence-electron chi connectivity index (χ0n) is 18.7. The van der Waals surface area contributed by atoms with E-state index in [2.05, 4.69) is 25.5 Å². The van der Waals surface area contributed by atoms with Gasteiger partial charge in [0.15, 0.2) is 0 Å². The molecule has 10 nitrogen and oxygen atoms in total. The first kappa shape index (κ1) is 30.8. The highest BCUT2D eigenvalue weighted by molar-refractivity contribution is 5.73. The summed E-state index contributed by atoms with van der Waals surface area (Å²) in [4.78, 5) is 28.9. The van der Waals surface area contributed by atoms with Gasteiger partial charge in [0.05, 0.1) is 37.5 Å². The van der Waals surface area contributed by atoms with Crippen molar-refractivity contribution in [3.63, 3.8) is 0 Å². The lowest BCUT2D eigenvalue weighted by molar-refractivity contribution is -0.193. The van der Waals surface area contributed by atoms with Gasteiger partial charge in [-0.3, -0.25) is 9.88 Å². The number of aliphatic hydroxyl groups excluding tert-OH is 1. The molecule has 3 rings (SSSR count). The van der Waals surface area contributed by atoms with Crippen LogP contribution in [0.15, 0.2) is 30.9 Å². The van der Waals surface area contributed by atoms with Gasteiger partial charge < -0.3 is 24.6 Å². The minimum Gasteiger partial charge on any atom is -0.475 e. The molecular formula is C20H24F6N4O6. The molecule has 16 heteroatoms. The Morgan fingerprint density at radius 2 is 1.67 bits per heavy atom. The SMILES string of the molecule is O=C(O)C(F)(F)F.O=C(O)C(F)(F)F.OCCOCc1ncn2c1CN(Cc1cccnc1)CCC2. The van der Waals surface area contributed by atoms with Crippen molar-refractivity contribution in [3.05, 3.63) is 47.8 Å². The summed E-state index contributed by atoms with van der Waals surface area (Å²) in [6, 6.07) is 4.09. The van der Waals surface area contributed by atoms with Crippen molar-refractivity contribution in [2.45, 2.75) is 45.0 Å². The lowest BCUT2D eigenvalue weighted by atomic mass is 10.2. The van der Waals surface area contributed by atoms with Gasteiger partial charge in [0.25, 0.3) is 0 Å². The van der Waals surface area contributed by atoms with E-state index in [4.69, 9.17) is 29.6 Å². The van der Waals surface area contributed by atoms with Crippen LogP contribution in [0, 0.1) is 0 Å². The Morgan fingerprint density at radius 3 is 2.17 bits per heavy atom. The van der Waals surface area contributed by atoms with Crippen molar-refractivity contribution >= 4 is 11.9 Å². The largest absolute Gasteiger partial charge is 0.490 e. The minimum absolute atomic E-state index is 0.0448. The summed E-state index contributed by atoms with van der Waals surface area (Å²) < 4.78 is 71.1. The highest BCUT2D eigenvalue weighted by atomic mass is 19.4. The summed E-state index contributed by atoms with van der Waals surface area (Å²) in [5.74, 6) is -5.51. The van der Waals surface area contributed by atoms with Crippen LogP contribution in [-0.2, 0) is 40.6 Å². The zero-order chi connectivity index (χ0) is 27.4. The number of pyridine rings is 1. The number of carboxylic acids is 2. The van der Waals surface area contributed by atoms with E-state index in [0.717, 1.165) is 38.3 Å². The number of hydrogen-bond donors (Lipinski definition) is 3. The van der Waals surface area contributed by atoms with Crippen LogP contribution in [0.4, 0.5) is 26.3 Å². The van der Waals surface area contributed by atoms with Gasteiger partial charge in [0.1, 0.15) is 0 Å². The molecule has 3 N–H and O–H groups in total. The standard InChI is InChI=1S/C16H22N4O2.2C2HF3O2/c21-7-8-22-12-15-16-11-19(5-2-6-20(16)13-18-15)10-14-3-1-4-17-9-14;2*3-2(4,5)1(6)7/h1,3-4,9,13,21H,2,5-8,10-12H2;2*(H,6,7). The monoisotopic (exact) mass is 530 g/mol. The molecule has 36 heavy (non-hydrogen) atoms. The number of rotatable bonds is 6. The van der Waals surface area contributed by atoms with Crippen LogP contribution in [0.1, 0.15) is 23.4 Å². The Kier molecular flexibility index (Phi) is 12.3. The Hall–Kier alpha value is -3.24. The highest BCUT2D eigenvalue weighted by Crippen LogP contribution is 2.19. The number of aliphatic hydroxyl groups is 1. The van der Waals surface area contributed by atoms with E-state index in [1.807, 2.05) is 18.6 Å². The number of carboxylic acid groups (broad SMARTS) is 2. The predicted molar refractivity (Wildman–Crippen MR) is 109 cm³/mol. The lowest BCUT2D eigenvalue weighted by Crippen LogP contribution is -2.23. The molecule has 0 aliphatic carbocycles. The first-order valence-corrected chi connectivity index (χ1v) is 10.2. The van der Waals surface area contributed by atoms with Crippen molar-refractivity contribution in [2.24, 2.45) is 0 Å². The number of nitrogens with zero attached hydrogens (tertiary/aromatic N) is 4. The Morgan fingerprint density at radius 1 is 1.06 bits per heavy atom. The van der Waals surface area contributed by atoms with Crippen molar-refractivity contribution in [3.8, 4) is 0 Å². The summed E-state index contributed by atoms with van der Waals surface area (Å²) in [5.41, 5.74) is 3.43. The number of hydrogen-bond acceptors (Lipinski definition) is 7. The highest BCUT2D eigenvalue weighted by Gasteiger charge is 2.38. The number of aliphatic carboxylic acids is 2. The van der Waals surface area contributed by atoms with E-state index in [0.29, 0.717) is 13.2 Å². The molecule has 0 bridgehead atoms. The van der Waals surface area contributed by atoms with Gasteiger partial charge in [-0.1, -0.05) is 6.07 Å². The number of alkyl halides is 6. The first-order valence-electron chi connectivity index (χ1n) is 10.2. The molecule has 1 aliphatic rings. The Labute approximate surface area is 200 Å². The molecule has 0 atom stereocenters. The van der Waals surface area contributed by atoms with Crippen LogP contribution in [0.5, 0.6) is 0 Å². The van der Waals surface area contributed by atoms with Gasteiger partial charge in [-0.05, 0) is 18.1 Å². The van der Waals surface area contributed by atoms with Gasteiger partial charge in [0.2, 0.25) is 0 Å². The van der Waals surface area contributed by atoms with E-state index in [1.54, 1.807) is 6.20 Å². The molecule has 0 saturated heterocycles. The number of imidazole rings is 1. The maximum Gasteiger partial charge on any atom is 0.490 e. The lowest BCUT2D eigenvalue weighted by Gasteiger charge is -2.20. The molecule has 0 amide bonds. The second kappa shape index (κ2) is 14.4. The van der Waals surface area contributed by atoms with Crippen molar-refractivity contribution in [2.75, 3.05) is 19.8 Å². The molecule has 0 unspecified atom stereocenters. The molecule has 2 aromatic heterocycles. The summed E-state index contributed by atoms with van der Waals surface area (Å²) in [7, 11) is 0. The smallest absolute Gasteiger partial charge is 0.475 e. The van der Waals surface area contributed by atoms with Crippen molar-refractivity contribution < 1.29 is 56.0 Å². The molecular weight excluding hydrogens is 506 g/mol. The number of carbonyl (C=O) groups is 2. The normalized spacial score (nSPS) is 13.9. The second-order valence-electron chi connectivity index (χ2n) is 7.14. The van der Waals surface area contributed by atoms with E-state index in [9.17, 15) is 26.3 Å². The second-order valence-corrected chi connectivity index (χ2v) is 7.14. The third-order valence-corrected chi connectivity index (χ3v) is 4.37. The van der Waals surface area contributed by atoms with Gasteiger partial charge in [0, 0.05) is 38.6 Å². The van der Waals surface area contributed by atoms with Gasteiger partial charge in [-0.2, -0.15) is 26.3 Å². The van der Waals surface area contributed by atoms with Crippen LogP contribution in [0.2, 0.25) is 0 Å². The number of aryl methyl sites for hydroxylation is 1. The average molecular weight is 530 g/mol. The number of fused-ring (bicyclic) bond motifs is 1. The van der Waals surface area contributed by atoms with Crippen molar-refractivity contribution in [1.82, 2.24) is 19.4 Å². The molecule has 0 radical (unpaired) electrons. The fourth-order valence-corrected chi connectivity index (χ4v) is 2.82. The van der Waals surface area contributed by atoms with E-state index < -0.39 is 24.3 Å². The number of aromatic nitrogens is 3. The van der Waals surface area contributed by atoms with Gasteiger partial charge in [-0.15, -0.1) is 0 Å². The van der Waals surface area contributed by atoms with E-state index in [1.165, 1.54) is 11.3 Å². The first-order chi connectivity index (χ1) is 16.8. The summed E-state index contributed by atoms with van der Waals surface area (Å²) in [6.45, 7) is 4.68. The van der Waals surface area contributed by atoms with Gasteiger partial charge >= 0.3 is 24.3 Å². The van der Waals surface area contributed by atoms with E-state index >= 15 is 0 Å². The molecule has 0 aromatic carbocycles. The van der Waals surface area contributed by atoms with Crippen LogP contribution in [0.3, 0.4) is 0 Å². The van der Waals surface area contributed by atoms with Crippen LogP contribution >= 0.6 is 0 Å². The fourth-order valence-electron chi connectivity index (χ4n) is 2.82. The third kappa shape index (κ3) is 11.5. The zero-order valence-corrected chi connectivity index (χ0v) is 18.7. The summed E-state index contributed by atoms with van der Waals surface area (Å²) >= 11 is 0. The molecule has 0 saturated carbocycles. The predicted octanol–water partition coefficient (Wildman–Crippen LogP) is 2.46. The summed E-state index contributed by atoms with van der Waals surface area (Å²) in [5, 5.41) is 23.1. The average Bonchev–Trinajstić information content (AvgIpc) is 3.03. The molecule has 3 heterocycles.